The van der Waals surface area contributed by atoms with Crippen molar-refractivity contribution in [3.63, 3.8) is 0 Å². The van der Waals surface area contributed by atoms with Crippen LogP contribution in [-0.4, -0.2) is 27.5 Å². The lowest BCUT2D eigenvalue weighted by Crippen LogP contribution is -2.59. The first-order valence-corrected chi connectivity index (χ1v) is 6.24. The van der Waals surface area contributed by atoms with E-state index in [2.05, 4.69) is 10.3 Å². The quantitative estimate of drug-likeness (QED) is 0.786. The van der Waals surface area contributed by atoms with Crippen molar-refractivity contribution in [3.8, 4) is 0 Å². The van der Waals surface area contributed by atoms with Crippen molar-refractivity contribution >= 4 is 22.8 Å². The number of amides is 1. The Hall–Kier alpha value is -2.30. The van der Waals surface area contributed by atoms with E-state index in [0.717, 1.165) is 17.3 Å². The largest absolute Gasteiger partial charge is 0.480 e. The van der Waals surface area contributed by atoms with Gasteiger partial charge < -0.3 is 15.4 Å². The molecule has 0 atom stereocenters. The van der Waals surface area contributed by atoms with E-state index >= 15 is 0 Å². The molecule has 1 aliphatic carbocycles. The first kappa shape index (κ1) is 11.8. The van der Waals surface area contributed by atoms with Gasteiger partial charge in [-0.05, 0) is 43.5 Å². The summed E-state index contributed by atoms with van der Waals surface area (Å²) in [4.78, 5) is 26.4. The van der Waals surface area contributed by atoms with Crippen molar-refractivity contribution in [1.29, 1.82) is 0 Å². The van der Waals surface area contributed by atoms with Crippen LogP contribution in [0.5, 0.6) is 0 Å². The van der Waals surface area contributed by atoms with Gasteiger partial charge in [0, 0.05) is 22.7 Å². The Morgan fingerprint density at radius 1 is 1.26 bits per heavy atom. The summed E-state index contributed by atoms with van der Waals surface area (Å²) in [6, 6.07) is 7.15. The molecule has 1 aromatic carbocycles. The smallest absolute Gasteiger partial charge is 0.329 e. The Morgan fingerprint density at radius 2 is 2.05 bits per heavy atom. The normalized spacial score (nSPS) is 16.8. The first-order chi connectivity index (χ1) is 9.11. The van der Waals surface area contributed by atoms with Crippen molar-refractivity contribution in [2.24, 2.45) is 0 Å². The molecule has 1 aliphatic rings. The predicted molar refractivity (Wildman–Crippen MR) is 70.0 cm³/mol. The van der Waals surface area contributed by atoms with Crippen molar-refractivity contribution in [2.45, 2.75) is 24.8 Å². The minimum atomic E-state index is -1.07. The van der Waals surface area contributed by atoms with Gasteiger partial charge in [-0.2, -0.15) is 0 Å². The molecule has 5 nitrogen and oxygen atoms in total. The summed E-state index contributed by atoms with van der Waals surface area (Å²) < 4.78 is 0. The van der Waals surface area contributed by atoms with E-state index in [1.807, 2.05) is 12.1 Å². The van der Waals surface area contributed by atoms with E-state index in [-0.39, 0.29) is 5.91 Å². The van der Waals surface area contributed by atoms with Crippen LogP contribution in [0.4, 0.5) is 0 Å². The summed E-state index contributed by atoms with van der Waals surface area (Å²) in [5.74, 6) is -1.28. The molecular weight excluding hydrogens is 244 g/mol. The summed E-state index contributed by atoms with van der Waals surface area (Å²) in [6.07, 6.45) is 3.64. The number of hydrogen-bond donors (Lipinski definition) is 3. The molecule has 5 heteroatoms. The van der Waals surface area contributed by atoms with Crippen LogP contribution in [0, 0.1) is 0 Å². The zero-order valence-corrected chi connectivity index (χ0v) is 10.3. The van der Waals surface area contributed by atoms with Gasteiger partial charge in [0.05, 0.1) is 0 Å². The highest BCUT2D eigenvalue weighted by molar-refractivity contribution is 6.00. The lowest BCUT2D eigenvalue weighted by atomic mass is 9.76. The number of carbonyl (C=O) groups is 2. The molecule has 1 heterocycles. The maximum atomic E-state index is 12.1. The van der Waals surface area contributed by atoms with Crippen LogP contribution in [0.25, 0.3) is 10.9 Å². The Kier molecular flexibility index (Phi) is 2.55. The fourth-order valence-electron chi connectivity index (χ4n) is 2.41. The molecule has 0 unspecified atom stereocenters. The zero-order chi connectivity index (χ0) is 13.5. The SMILES string of the molecule is O=C(NC1(C(=O)O)CCC1)c1ccc2[nH]ccc2c1. The molecule has 1 amide bonds. The first-order valence-electron chi connectivity index (χ1n) is 6.24. The van der Waals surface area contributed by atoms with Gasteiger partial charge in [-0.25, -0.2) is 4.79 Å². The molecule has 0 radical (unpaired) electrons. The number of carboxylic acid groups (broad SMARTS) is 1. The molecule has 19 heavy (non-hydrogen) atoms. The van der Waals surface area contributed by atoms with Gasteiger partial charge in [0.25, 0.3) is 5.91 Å². The molecule has 1 fully saturated rings. The third kappa shape index (κ3) is 1.87. The van der Waals surface area contributed by atoms with Crippen LogP contribution in [0.3, 0.4) is 0 Å². The molecule has 1 aromatic heterocycles. The van der Waals surface area contributed by atoms with Crippen LogP contribution in [0.15, 0.2) is 30.5 Å². The molecule has 0 saturated heterocycles. The summed E-state index contributed by atoms with van der Waals surface area (Å²) in [5.41, 5.74) is 0.372. The van der Waals surface area contributed by atoms with Crippen molar-refractivity contribution in [2.75, 3.05) is 0 Å². The number of aromatic nitrogens is 1. The Balaban J connectivity index is 1.85. The Labute approximate surface area is 109 Å². The second kappa shape index (κ2) is 4.12. The van der Waals surface area contributed by atoms with Crippen LogP contribution in [0.1, 0.15) is 29.6 Å². The van der Waals surface area contributed by atoms with Crippen LogP contribution in [-0.2, 0) is 4.79 Å². The number of rotatable bonds is 3. The van der Waals surface area contributed by atoms with Crippen molar-refractivity contribution < 1.29 is 14.7 Å². The molecule has 0 aliphatic heterocycles. The number of carbonyl (C=O) groups excluding carboxylic acids is 1. The van der Waals surface area contributed by atoms with Gasteiger partial charge in [-0.1, -0.05) is 0 Å². The number of nitrogens with one attached hydrogen (secondary N) is 2. The van der Waals surface area contributed by atoms with E-state index in [9.17, 15) is 14.7 Å². The van der Waals surface area contributed by atoms with Gasteiger partial charge in [0.1, 0.15) is 5.54 Å². The van der Waals surface area contributed by atoms with Crippen LogP contribution >= 0.6 is 0 Å². The number of aromatic amines is 1. The van der Waals surface area contributed by atoms with E-state index in [1.165, 1.54) is 0 Å². The molecule has 1 saturated carbocycles. The standard InChI is InChI=1S/C14H14N2O3/c17-12(16-14(13(18)19)5-1-6-14)10-2-3-11-9(8-10)4-7-15-11/h2-4,7-8,15H,1,5-6H2,(H,16,17)(H,18,19). The third-order valence-corrected chi connectivity index (χ3v) is 3.78. The minimum absolute atomic E-state index is 0.329. The number of carboxylic acids is 1. The van der Waals surface area contributed by atoms with E-state index in [4.69, 9.17) is 0 Å². The topological polar surface area (TPSA) is 82.2 Å². The highest BCUT2D eigenvalue weighted by Crippen LogP contribution is 2.32. The van der Waals surface area contributed by atoms with Gasteiger partial charge in [-0.15, -0.1) is 0 Å². The third-order valence-electron chi connectivity index (χ3n) is 3.78. The molecule has 98 valence electrons. The molecule has 3 N–H and O–H groups in total. The fourth-order valence-corrected chi connectivity index (χ4v) is 2.41. The summed E-state index contributed by atoms with van der Waals surface area (Å²) in [7, 11) is 0. The van der Waals surface area contributed by atoms with E-state index in [0.29, 0.717) is 18.4 Å². The van der Waals surface area contributed by atoms with Crippen molar-refractivity contribution in [1.82, 2.24) is 10.3 Å². The minimum Gasteiger partial charge on any atom is -0.480 e. The maximum Gasteiger partial charge on any atom is 0.329 e. The highest BCUT2D eigenvalue weighted by atomic mass is 16.4. The predicted octanol–water partition coefficient (Wildman–Crippen LogP) is 1.90. The number of benzene rings is 1. The number of H-pyrrole nitrogens is 1. The Bertz CT molecular complexity index is 656. The second-order valence-electron chi connectivity index (χ2n) is 4.97. The second-order valence-corrected chi connectivity index (χ2v) is 4.97. The molecule has 2 aromatic rings. The molecule has 3 rings (SSSR count). The Morgan fingerprint density at radius 3 is 2.68 bits per heavy atom. The number of aliphatic carboxylic acids is 1. The zero-order valence-electron chi connectivity index (χ0n) is 10.3. The lowest BCUT2D eigenvalue weighted by Gasteiger charge is -2.38. The highest BCUT2D eigenvalue weighted by Gasteiger charge is 2.45. The summed E-state index contributed by atoms with van der Waals surface area (Å²) in [6.45, 7) is 0. The van der Waals surface area contributed by atoms with Gasteiger partial charge in [-0.3, -0.25) is 4.79 Å². The molecular formula is C14H14N2O3. The monoisotopic (exact) mass is 258 g/mol. The van der Waals surface area contributed by atoms with Crippen LogP contribution < -0.4 is 5.32 Å². The molecule has 0 spiro atoms. The number of hydrogen-bond acceptors (Lipinski definition) is 2. The lowest BCUT2D eigenvalue weighted by molar-refractivity contribution is -0.148. The van der Waals surface area contributed by atoms with E-state index < -0.39 is 11.5 Å². The van der Waals surface area contributed by atoms with Gasteiger partial charge >= 0.3 is 5.97 Å². The van der Waals surface area contributed by atoms with E-state index in [1.54, 1.807) is 18.3 Å². The summed E-state index contributed by atoms with van der Waals surface area (Å²) in [5, 5.41) is 12.8. The van der Waals surface area contributed by atoms with Gasteiger partial charge in [0.2, 0.25) is 0 Å². The average molecular weight is 258 g/mol. The maximum absolute atomic E-state index is 12.1. The van der Waals surface area contributed by atoms with Gasteiger partial charge in [0.15, 0.2) is 0 Å². The van der Waals surface area contributed by atoms with Crippen molar-refractivity contribution in [3.05, 3.63) is 36.0 Å². The average Bonchev–Trinajstić information content (AvgIpc) is 2.79. The number of fused-ring (bicyclic) bond motifs is 1. The summed E-state index contributed by atoms with van der Waals surface area (Å²) >= 11 is 0. The molecule has 0 bridgehead atoms. The van der Waals surface area contributed by atoms with Crippen LogP contribution in [0.2, 0.25) is 0 Å². The fraction of sp³-hybridized carbons (Fsp3) is 0.286.